The lowest BCUT2D eigenvalue weighted by Crippen LogP contribution is -2.39. The molecule has 2 heterocycles. The van der Waals surface area contributed by atoms with Crippen molar-refractivity contribution >= 4 is 44.2 Å². The molecule has 0 N–H and O–H groups in total. The first kappa shape index (κ1) is 22.1. The van der Waals surface area contributed by atoms with Crippen molar-refractivity contribution in [3.8, 4) is 0 Å². The molecule has 1 aromatic heterocycles. The standard InChI is InChI=1S/C22H22ClF2N3O2S/c23-17-5-2-1-4-15(17)12-20(29)28(7-3-6-27-8-10-30-11-9-27)22-26-21-18(25)13-16(24)14-19(21)31-22/h1-2,4-5,13-14H,3,6-12H2. The molecule has 0 bridgehead atoms. The molecule has 1 aliphatic rings. The molecule has 5 nitrogen and oxygen atoms in total. The van der Waals surface area contributed by atoms with E-state index in [-0.39, 0.29) is 17.8 Å². The van der Waals surface area contributed by atoms with Crippen molar-refractivity contribution in [2.24, 2.45) is 0 Å². The number of carbonyl (C=O) groups is 1. The Labute approximate surface area is 188 Å². The van der Waals surface area contributed by atoms with Crippen LogP contribution in [0.3, 0.4) is 0 Å². The van der Waals surface area contributed by atoms with Gasteiger partial charge in [0.05, 0.1) is 24.3 Å². The van der Waals surface area contributed by atoms with E-state index in [1.54, 1.807) is 23.1 Å². The first-order valence-electron chi connectivity index (χ1n) is 10.1. The van der Waals surface area contributed by atoms with Crippen molar-refractivity contribution in [2.45, 2.75) is 12.8 Å². The van der Waals surface area contributed by atoms with Gasteiger partial charge in [0.1, 0.15) is 11.3 Å². The highest BCUT2D eigenvalue weighted by Gasteiger charge is 2.22. The summed E-state index contributed by atoms with van der Waals surface area (Å²) in [7, 11) is 0. The lowest BCUT2D eigenvalue weighted by molar-refractivity contribution is -0.118. The van der Waals surface area contributed by atoms with E-state index in [0.717, 1.165) is 43.5 Å². The summed E-state index contributed by atoms with van der Waals surface area (Å²) in [5.74, 6) is -1.58. The van der Waals surface area contributed by atoms with Crippen LogP contribution in [-0.2, 0) is 16.0 Å². The minimum absolute atomic E-state index is 0.0742. The van der Waals surface area contributed by atoms with E-state index >= 15 is 0 Å². The van der Waals surface area contributed by atoms with Crippen LogP contribution in [0.15, 0.2) is 36.4 Å². The Balaban J connectivity index is 1.56. The first-order chi connectivity index (χ1) is 15.0. The third-order valence-electron chi connectivity index (χ3n) is 5.19. The molecule has 2 aromatic carbocycles. The van der Waals surface area contributed by atoms with Gasteiger partial charge in [-0.1, -0.05) is 41.1 Å². The second-order valence-corrected chi connectivity index (χ2v) is 8.77. The molecule has 0 spiro atoms. The van der Waals surface area contributed by atoms with Crippen LogP contribution in [0.1, 0.15) is 12.0 Å². The molecule has 0 aliphatic carbocycles. The number of hydrogen-bond acceptors (Lipinski definition) is 5. The predicted octanol–water partition coefficient (Wildman–Crippen LogP) is 4.53. The summed E-state index contributed by atoms with van der Waals surface area (Å²) in [6.07, 6.45) is 0.824. The van der Waals surface area contributed by atoms with E-state index in [9.17, 15) is 13.6 Å². The van der Waals surface area contributed by atoms with Gasteiger partial charge in [-0.3, -0.25) is 14.6 Å². The third kappa shape index (κ3) is 5.38. The second kappa shape index (κ2) is 9.99. The van der Waals surface area contributed by atoms with Gasteiger partial charge in [0.2, 0.25) is 5.91 Å². The highest BCUT2D eigenvalue weighted by Crippen LogP contribution is 2.32. The number of rotatable bonds is 7. The monoisotopic (exact) mass is 465 g/mol. The number of anilines is 1. The molecule has 164 valence electrons. The van der Waals surface area contributed by atoms with Crippen LogP contribution in [0.25, 0.3) is 10.2 Å². The van der Waals surface area contributed by atoms with Crippen molar-refractivity contribution in [1.29, 1.82) is 0 Å². The first-order valence-corrected chi connectivity index (χ1v) is 11.3. The van der Waals surface area contributed by atoms with Gasteiger partial charge in [-0.25, -0.2) is 13.8 Å². The lowest BCUT2D eigenvalue weighted by Gasteiger charge is -2.27. The maximum Gasteiger partial charge on any atom is 0.233 e. The molecule has 0 radical (unpaired) electrons. The number of fused-ring (bicyclic) bond motifs is 1. The maximum absolute atomic E-state index is 14.2. The fourth-order valence-corrected chi connectivity index (χ4v) is 4.82. The lowest BCUT2D eigenvalue weighted by atomic mass is 10.1. The van der Waals surface area contributed by atoms with Gasteiger partial charge < -0.3 is 4.74 Å². The van der Waals surface area contributed by atoms with Crippen LogP contribution in [0, 0.1) is 11.6 Å². The summed E-state index contributed by atoms with van der Waals surface area (Å²) >= 11 is 7.34. The molecular weight excluding hydrogens is 444 g/mol. The van der Waals surface area contributed by atoms with Gasteiger partial charge in [-0.2, -0.15) is 0 Å². The van der Waals surface area contributed by atoms with Crippen LogP contribution in [0.4, 0.5) is 13.9 Å². The molecule has 31 heavy (non-hydrogen) atoms. The molecule has 4 rings (SSSR count). The Bertz CT molecular complexity index is 1070. The van der Waals surface area contributed by atoms with Crippen LogP contribution in [0.2, 0.25) is 5.02 Å². The fourth-order valence-electron chi connectivity index (χ4n) is 3.57. The molecule has 0 atom stereocenters. The average molecular weight is 466 g/mol. The minimum Gasteiger partial charge on any atom is -0.379 e. The van der Waals surface area contributed by atoms with Crippen molar-refractivity contribution in [3.05, 3.63) is 58.6 Å². The number of aromatic nitrogens is 1. The molecular formula is C22H22ClF2N3O2S. The van der Waals surface area contributed by atoms with Gasteiger partial charge in [0, 0.05) is 37.3 Å². The minimum atomic E-state index is -0.732. The third-order valence-corrected chi connectivity index (χ3v) is 6.59. The number of amides is 1. The Hall–Kier alpha value is -2.13. The summed E-state index contributed by atoms with van der Waals surface area (Å²) < 4.78 is 33.6. The van der Waals surface area contributed by atoms with E-state index in [1.807, 2.05) is 6.07 Å². The van der Waals surface area contributed by atoms with Crippen LogP contribution in [0.5, 0.6) is 0 Å². The normalized spacial score (nSPS) is 14.8. The van der Waals surface area contributed by atoms with E-state index in [4.69, 9.17) is 16.3 Å². The summed E-state index contributed by atoms with van der Waals surface area (Å²) in [5.41, 5.74) is 0.788. The van der Waals surface area contributed by atoms with Gasteiger partial charge in [0.25, 0.3) is 0 Å². The highest BCUT2D eigenvalue weighted by atomic mass is 35.5. The van der Waals surface area contributed by atoms with Crippen molar-refractivity contribution in [1.82, 2.24) is 9.88 Å². The smallest absolute Gasteiger partial charge is 0.233 e. The molecule has 1 fully saturated rings. The topological polar surface area (TPSA) is 45.7 Å². The van der Waals surface area contributed by atoms with Crippen molar-refractivity contribution in [2.75, 3.05) is 44.3 Å². The molecule has 1 saturated heterocycles. The molecule has 3 aromatic rings. The zero-order valence-corrected chi connectivity index (χ0v) is 18.4. The Morgan fingerprint density at radius 2 is 2.00 bits per heavy atom. The van der Waals surface area contributed by atoms with E-state index in [0.29, 0.717) is 40.2 Å². The van der Waals surface area contributed by atoms with Crippen molar-refractivity contribution < 1.29 is 18.3 Å². The number of nitrogens with zero attached hydrogens (tertiary/aromatic N) is 3. The quantitative estimate of drug-likeness (QED) is 0.514. The van der Waals surface area contributed by atoms with Gasteiger partial charge in [-0.05, 0) is 24.1 Å². The zero-order chi connectivity index (χ0) is 21.8. The molecule has 1 aliphatic heterocycles. The van der Waals surface area contributed by atoms with E-state index < -0.39 is 11.6 Å². The number of carbonyl (C=O) groups excluding carboxylic acids is 1. The highest BCUT2D eigenvalue weighted by molar-refractivity contribution is 7.22. The SMILES string of the molecule is O=C(Cc1ccccc1Cl)N(CCCN1CCOCC1)c1nc2c(F)cc(F)cc2s1. The van der Waals surface area contributed by atoms with Gasteiger partial charge in [-0.15, -0.1) is 0 Å². The number of halogens is 3. The molecule has 9 heteroatoms. The maximum atomic E-state index is 14.2. The summed E-state index contributed by atoms with van der Waals surface area (Å²) in [6.45, 7) is 4.37. The molecule has 0 saturated carbocycles. The van der Waals surface area contributed by atoms with Crippen LogP contribution >= 0.6 is 22.9 Å². The number of benzene rings is 2. The molecule has 1 amide bonds. The Kier molecular flexibility index (Phi) is 7.12. The second-order valence-electron chi connectivity index (χ2n) is 7.35. The Morgan fingerprint density at radius 1 is 1.23 bits per heavy atom. The number of morpholine rings is 1. The van der Waals surface area contributed by atoms with Gasteiger partial charge in [0.15, 0.2) is 10.9 Å². The van der Waals surface area contributed by atoms with E-state index in [1.165, 1.54) is 6.07 Å². The van der Waals surface area contributed by atoms with Crippen LogP contribution in [-0.4, -0.2) is 55.2 Å². The number of thiazole rings is 1. The Morgan fingerprint density at radius 3 is 2.77 bits per heavy atom. The summed E-state index contributed by atoms with van der Waals surface area (Å²) in [6, 6.07) is 9.22. The van der Waals surface area contributed by atoms with Gasteiger partial charge >= 0.3 is 0 Å². The average Bonchev–Trinajstić information content (AvgIpc) is 3.17. The van der Waals surface area contributed by atoms with Crippen molar-refractivity contribution in [3.63, 3.8) is 0 Å². The molecule has 0 unspecified atom stereocenters. The zero-order valence-electron chi connectivity index (χ0n) is 16.8. The predicted molar refractivity (Wildman–Crippen MR) is 119 cm³/mol. The summed E-state index contributed by atoms with van der Waals surface area (Å²) in [5, 5.41) is 0.875. The van der Waals surface area contributed by atoms with E-state index in [2.05, 4.69) is 9.88 Å². The fraction of sp³-hybridized carbons (Fsp3) is 0.364. The van der Waals surface area contributed by atoms with Crippen LogP contribution < -0.4 is 4.90 Å². The number of hydrogen-bond donors (Lipinski definition) is 0. The largest absolute Gasteiger partial charge is 0.379 e. The summed E-state index contributed by atoms with van der Waals surface area (Å²) in [4.78, 5) is 21.4. The number of ether oxygens (including phenoxy) is 1.